The Kier molecular flexibility index (Phi) is 5.48. The Labute approximate surface area is 126 Å². The van der Waals surface area contributed by atoms with Crippen LogP contribution >= 0.6 is 11.9 Å². The summed E-state index contributed by atoms with van der Waals surface area (Å²) < 4.78 is 2.92. The van der Waals surface area contributed by atoms with Gasteiger partial charge in [0, 0.05) is 6.07 Å². The normalized spacial score (nSPS) is 11.8. The van der Waals surface area contributed by atoms with E-state index >= 15 is 0 Å². The molecule has 0 unspecified atom stereocenters. The summed E-state index contributed by atoms with van der Waals surface area (Å²) in [6, 6.07) is 15.4. The molecule has 0 heterocycles. The van der Waals surface area contributed by atoms with E-state index in [2.05, 4.69) is 4.72 Å². The van der Waals surface area contributed by atoms with Crippen molar-refractivity contribution in [2.45, 2.75) is 17.4 Å². The molecule has 0 fully saturated rings. The number of nitrogens with zero attached hydrogens (tertiary/aromatic N) is 1. The molecule has 6 heteroatoms. The van der Waals surface area contributed by atoms with Gasteiger partial charge in [-0.25, -0.2) is 4.72 Å². The van der Waals surface area contributed by atoms with E-state index in [-0.39, 0.29) is 5.69 Å². The van der Waals surface area contributed by atoms with Gasteiger partial charge in [0.15, 0.2) is 0 Å². The van der Waals surface area contributed by atoms with Gasteiger partial charge >= 0.3 is 0 Å². The first kappa shape index (κ1) is 15.2. The molecule has 1 N–H and O–H groups in total. The maximum Gasteiger partial charge on any atom is 0.284 e. The highest BCUT2D eigenvalue weighted by atomic mass is 32.2. The quantitative estimate of drug-likeness (QED) is 0.483. The first-order chi connectivity index (χ1) is 10.2. The van der Waals surface area contributed by atoms with Crippen LogP contribution in [0.25, 0.3) is 0 Å². The smallest absolute Gasteiger partial charge is 0.284 e. The fraction of sp³-hybridized carbons (Fsp3) is 0.133. The van der Waals surface area contributed by atoms with Crippen LogP contribution in [0.1, 0.15) is 5.56 Å². The van der Waals surface area contributed by atoms with E-state index in [0.717, 1.165) is 17.5 Å². The Hall–Kier alpha value is -2.18. The van der Waals surface area contributed by atoms with Gasteiger partial charge in [0.1, 0.15) is 4.90 Å². The maximum absolute atomic E-state index is 11.0. The van der Waals surface area contributed by atoms with Crippen LogP contribution in [0.3, 0.4) is 0 Å². The molecule has 0 saturated carbocycles. The molecule has 0 bridgehead atoms. The predicted octanol–water partition coefficient (Wildman–Crippen LogP) is 2.91. The largest absolute Gasteiger partial charge is 0.289 e. The molecule has 1 atom stereocenters. The molecule has 0 spiro atoms. The molecule has 0 saturated heterocycles. The molecule has 0 aromatic heterocycles. The van der Waals surface area contributed by atoms with Gasteiger partial charge in [-0.3, -0.25) is 14.9 Å². The van der Waals surface area contributed by atoms with Crippen molar-refractivity contribution < 1.29 is 9.72 Å². The zero-order valence-corrected chi connectivity index (χ0v) is 11.9. The number of nitro groups is 1. The van der Waals surface area contributed by atoms with Crippen molar-refractivity contribution in [3.63, 3.8) is 0 Å². The summed E-state index contributed by atoms with van der Waals surface area (Å²) in [5.74, 6) is 0. The fourth-order valence-electron chi connectivity index (χ4n) is 1.79. The lowest BCUT2D eigenvalue weighted by atomic mass is 10.1. The number of hydrogen-bond acceptors (Lipinski definition) is 5. The van der Waals surface area contributed by atoms with Gasteiger partial charge in [0.05, 0.1) is 11.0 Å². The van der Waals surface area contributed by atoms with Crippen LogP contribution in [0.2, 0.25) is 0 Å². The second-order valence-electron chi connectivity index (χ2n) is 4.30. The summed E-state index contributed by atoms with van der Waals surface area (Å²) in [6.45, 7) is 0. The van der Waals surface area contributed by atoms with Gasteiger partial charge < -0.3 is 0 Å². The first-order valence-electron chi connectivity index (χ1n) is 6.28. The highest BCUT2D eigenvalue weighted by Crippen LogP contribution is 2.26. The van der Waals surface area contributed by atoms with Gasteiger partial charge in [-0.15, -0.1) is 0 Å². The van der Waals surface area contributed by atoms with Gasteiger partial charge in [-0.2, -0.15) is 0 Å². The van der Waals surface area contributed by atoms with Crippen molar-refractivity contribution >= 4 is 23.9 Å². The molecule has 2 aromatic rings. The van der Waals surface area contributed by atoms with Crippen molar-refractivity contribution in [1.82, 2.24) is 4.72 Å². The average Bonchev–Trinajstić information content (AvgIpc) is 2.52. The minimum Gasteiger partial charge on any atom is -0.289 e. The van der Waals surface area contributed by atoms with E-state index < -0.39 is 11.0 Å². The molecular formula is C15H13N2O3S. The molecular weight excluding hydrogens is 288 g/mol. The van der Waals surface area contributed by atoms with E-state index in [4.69, 9.17) is 0 Å². The van der Waals surface area contributed by atoms with Crippen molar-refractivity contribution in [1.29, 1.82) is 0 Å². The molecule has 0 aliphatic carbocycles. The average molecular weight is 301 g/mol. The minimum atomic E-state index is -0.530. The Bertz CT molecular complexity index is 619. The molecule has 0 aliphatic heterocycles. The van der Waals surface area contributed by atoms with Crippen LogP contribution in [-0.2, 0) is 11.2 Å². The van der Waals surface area contributed by atoms with Crippen molar-refractivity contribution in [3.05, 3.63) is 70.3 Å². The van der Waals surface area contributed by atoms with Crippen molar-refractivity contribution in [2.75, 3.05) is 0 Å². The Balaban J connectivity index is 2.01. The molecule has 2 rings (SSSR count). The van der Waals surface area contributed by atoms with Crippen LogP contribution in [0.15, 0.2) is 59.5 Å². The second kappa shape index (κ2) is 7.56. The molecule has 5 nitrogen and oxygen atoms in total. The molecule has 1 radical (unpaired) electrons. The number of nitro benzene ring substituents is 1. The third-order valence-corrected chi connectivity index (χ3v) is 3.77. The first-order valence-corrected chi connectivity index (χ1v) is 7.09. The molecule has 21 heavy (non-hydrogen) atoms. The lowest BCUT2D eigenvalue weighted by molar-refractivity contribution is -0.387. The molecule has 0 aliphatic rings. The third-order valence-electron chi connectivity index (χ3n) is 2.80. The van der Waals surface area contributed by atoms with Crippen molar-refractivity contribution in [2.24, 2.45) is 0 Å². The van der Waals surface area contributed by atoms with Crippen LogP contribution in [-0.4, -0.2) is 17.3 Å². The summed E-state index contributed by atoms with van der Waals surface area (Å²) in [5, 5.41) is 10.9. The maximum atomic E-state index is 11.0. The standard InChI is InChI=1S/C15H13N2O3S/c18-11-13(10-12-6-2-1-3-7-12)16-21-15-9-5-4-8-14(15)17(19)20/h1-9,13,16H,10H2/t13-/m0/s1. The number of carbonyl (C=O) groups excluding carboxylic acids is 1. The Morgan fingerprint density at radius 2 is 1.81 bits per heavy atom. The Morgan fingerprint density at radius 3 is 2.48 bits per heavy atom. The summed E-state index contributed by atoms with van der Waals surface area (Å²) in [4.78, 5) is 22.0. The van der Waals surface area contributed by atoms with Gasteiger partial charge in [-0.05, 0) is 30.0 Å². The lowest BCUT2D eigenvalue weighted by Gasteiger charge is -2.11. The summed E-state index contributed by atoms with van der Waals surface area (Å²) >= 11 is 1.07. The number of rotatable bonds is 7. The van der Waals surface area contributed by atoms with Crippen molar-refractivity contribution in [3.8, 4) is 0 Å². The van der Waals surface area contributed by atoms with E-state index in [0.29, 0.717) is 11.3 Å². The summed E-state index contributed by atoms with van der Waals surface area (Å²) in [7, 11) is 0. The SMILES string of the molecule is O=[C][C@H](Cc1ccccc1)NSc1ccccc1[N+](=O)[O-]. The monoisotopic (exact) mass is 301 g/mol. The molecule has 0 amide bonds. The summed E-state index contributed by atoms with van der Waals surface area (Å²) in [6.07, 6.45) is 2.40. The van der Waals surface area contributed by atoms with E-state index in [1.165, 1.54) is 6.07 Å². The topological polar surface area (TPSA) is 72.2 Å². The fourth-order valence-corrected chi connectivity index (χ4v) is 2.58. The number of benzene rings is 2. The van der Waals surface area contributed by atoms with E-state index in [1.807, 2.05) is 36.6 Å². The lowest BCUT2D eigenvalue weighted by Crippen LogP contribution is -2.27. The number of para-hydroxylation sites is 1. The minimum absolute atomic E-state index is 0.0133. The number of nitrogens with one attached hydrogen (secondary N) is 1. The zero-order valence-electron chi connectivity index (χ0n) is 11.1. The van der Waals surface area contributed by atoms with Gasteiger partial charge in [0.25, 0.3) is 5.69 Å². The molecule has 107 valence electrons. The zero-order chi connectivity index (χ0) is 15.1. The highest BCUT2D eigenvalue weighted by Gasteiger charge is 2.15. The van der Waals surface area contributed by atoms with E-state index in [1.54, 1.807) is 18.2 Å². The highest BCUT2D eigenvalue weighted by molar-refractivity contribution is 7.97. The van der Waals surface area contributed by atoms with Crippen LogP contribution in [0.5, 0.6) is 0 Å². The molecule has 2 aromatic carbocycles. The third kappa shape index (κ3) is 4.40. The van der Waals surface area contributed by atoms with Crippen LogP contribution < -0.4 is 4.72 Å². The number of hydrogen-bond donors (Lipinski definition) is 1. The van der Waals surface area contributed by atoms with E-state index in [9.17, 15) is 14.9 Å². The summed E-state index contributed by atoms with van der Waals surface area (Å²) in [5.41, 5.74) is 1.01. The van der Waals surface area contributed by atoms with Gasteiger partial charge in [-0.1, -0.05) is 42.5 Å². The Morgan fingerprint density at radius 1 is 1.14 bits per heavy atom. The van der Waals surface area contributed by atoms with Gasteiger partial charge in [0.2, 0.25) is 6.29 Å². The predicted molar refractivity (Wildman–Crippen MR) is 81.7 cm³/mol. The van der Waals surface area contributed by atoms with Crippen LogP contribution in [0.4, 0.5) is 5.69 Å². The second-order valence-corrected chi connectivity index (χ2v) is 5.18. The van der Waals surface area contributed by atoms with Crippen LogP contribution in [0, 0.1) is 10.1 Å².